The molecule has 0 aromatic heterocycles. The third kappa shape index (κ3) is 4.52. The van der Waals surface area contributed by atoms with Crippen molar-refractivity contribution in [2.45, 2.75) is 32.0 Å². The molecule has 0 radical (unpaired) electrons. The molecule has 1 aliphatic rings. The quantitative estimate of drug-likeness (QED) is 0.209. The molecule has 38 heavy (non-hydrogen) atoms. The molecule has 5 aromatic rings. The number of benzene rings is 5. The van der Waals surface area contributed by atoms with Crippen molar-refractivity contribution in [3.05, 3.63) is 150 Å². The van der Waals surface area contributed by atoms with Gasteiger partial charge < -0.3 is 4.52 Å². The molecule has 0 saturated carbocycles. The van der Waals surface area contributed by atoms with Crippen LogP contribution in [0.1, 0.15) is 54.2 Å². The van der Waals surface area contributed by atoms with Gasteiger partial charge in [0.25, 0.3) is 0 Å². The van der Waals surface area contributed by atoms with E-state index in [-0.39, 0.29) is 18.1 Å². The first-order valence-electron chi connectivity index (χ1n) is 13.3. The Hall–Kier alpha value is -3.49. The molecule has 0 amide bonds. The van der Waals surface area contributed by atoms with Crippen LogP contribution in [0.4, 0.5) is 0 Å². The highest BCUT2D eigenvalue weighted by atomic mass is 31.2. The molecule has 0 fully saturated rings. The third-order valence-electron chi connectivity index (χ3n) is 7.75. The summed E-state index contributed by atoms with van der Waals surface area (Å²) in [7, 11) is 1.05. The molecular formula is C34H33N2OP. The molecule has 0 spiro atoms. The fourth-order valence-corrected chi connectivity index (χ4v) is 7.73. The van der Waals surface area contributed by atoms with Crippen molar-refractivity contribution in [1.82, 2.24) is 9.34 Å². The van der Waals surface area contributed by atoms with Crippen LogP contribution in [-0.2, 0) is 0 Å². The summed E-state index contributed by atoms with van der Waals surface area (Å²) in [6.45, 7) is 4.60. The minimum absolute atomic E-state index is 0.0396. The largest absolute Gasteiger partial charge is 0.444 e. The van der Waals surface area contributed by atoms with Gasteiger partial charge in [-0.3, -0.25) is 0 Å². The SMILES string of the molecule is C[C@H](c1ccccc1)N(C)P1Oc2ccc3ccccc3c2[C@@H](c2ccccc2)N1[C@H](C)c1ccccc1. The van der Waals surface area contributed by atoms with Crippen molar-refractivity contribution < 1.29 is 4.52 Å². The lowest BCUT2D eigenvalue weighted by atomic mass is 9.91. The van der Waals surface area contributed by atoms with E-state index in [1.165, 1.54) is 33.0 Å². The first-order chi connectivity index (χ1) is 18.6. The van der Waals surface area contributed by atoms with Gasteiger partial charge >= 0.3 is 0 Å². The van der Waals surface area contributed by atoms with Gasteiger partial charge in [0.05, 0.1) is 6.04 Å². The Labute approximate surface area is 227 Å². The maximum Gasteiger partial charge on any atom is 0.249 e. The average Bonchev–Trinajstić information content (AvgIpc) is 3.00. The normalized spacial score (nSPS) is 19.1. The van der Waals surface area contributed by atoms with Gasteiger partial charge in [-0.25, -0.2) is 9.34 Å². The zero-order valence-corrected chi connectivity index (χ0v) is 23.0. The van der Waals surface area contributed by atoms with E-state index >= 15 is 0 Å². The van der Waals surface area contributed by atoms with Crippen molar-refractivity contribution in [2.24, 2.45) is 0 Å². The predicted octanol–water partition coefficient (Wildman–Crippen LogP) is 9.30. The summed E-state index contributed by atoms with van der Waals surface area (Å²) in [4.78, 5) is 0. The molecule has 3 nitrogen and oxygen atoms in total. The summed E-state index contributed by atoms with van der Waals surface area (Å²) in [5.41, 5.74) is 5.10. The number of hydrogen-bond acceptors (Lipinski definition) is 3. The Kier molecular flexibility index (Phi) is 7.00. The van der Waals surface area contributed by atoms with E-state index in [1.54, 1.807) is 0 Å². The van der Waals surface area contributed by atoms with E-state index in [2.05, 4.69) is 158 Å². The molecule has 4 atom stereocenters. The lowest BCUT2D eigenvalue weighted by Crippen LogP contribution is -2.38. The summed E-state index contributed by atoms with van der Waals surface area (Å²) in [6.07, 6.45) is 0. The van der Waals surface area contributed by atoms with E-state index < -0.39 is 8.45 Å². The number of hydrogen-bond donors (Lipinski definition) is 0. The predicted molar refractivity (Wildman–Crippen MR) is 159 cm³/mol. The van der Waals surface area contributed by atoms with Gasteiger partial charge in [-0.15, -0.1) is 0 Å². The van der Waals surface area contributed by atoms with Crippen LogP contribution in [0.5, 0.6) is 5.75 Å². The topological polar surface area (TPSA) is 15.7 Å². The zero-order valence-electron chi connectivity index (χ0n) is 22.1. The Balaban J connectivity index is 1.57. The Morgan fingerprint density at radius 2 is 1.26 bits per heavy atom. The van der Waals surface area contributed by atoms with Crippen LogP contribution >= 0.6 is 8.45 Å². The molecule has 5 aromatic carbocycles. The van der Waals surface area contributed by atoms with Crippen LogP contribution in [0.2, 0.25) is 0 Å². The standard InChI is InChI=1S/C34H33N2OP/c1-25(27-15-7-4-8-16-27)35(3)38-36(26(2)28-17-9-5-10-18-28)34(30-20-11-6-12-21-30)33-31-22-14-13-19-29(31)23-24-32(33)37-38/h4-26,34H,1-3H3/t25-,26-,34-,38?/m1/s1. The van der Waals surface area contributed by atoms with E-state index in [9.17, 15) is 0 Å². The molecule has 1 aliphatic heterocycles. The lowest BCUT2D eigenvalue weighted by Gasteiger charge is -2.49. The third-order valence-corrected chi connectivity index (χ3v) is 9.97. The van der Waals surface area contributed by atoms with Gasteiger partial charge in [0.1, 0.15) is 5.75 Å². The van der Waals surface area contributed by atoms with E-state index in [4.69, 9.17) is 4.52 Å². The van der Waals surface area contributed by atoms with Crippen molar-refractivity contribution in [1.29, 1.82) is 0 Å². The molecule has 1 heterocycles. The van der Waals surface area contributed by atoms with Gasteiger partial charge in [0.15, 0.2) is 0 Å². The van der Waals surface area contributed by atoms with Crippen molar-refractivity contribution in [3.63, 3.8) is 0 Å². The fraction of sp³-hybridized carbons (Fsp3) is 0.176. The molecule has 0 aliphatic carbocycles. The molecule has 6 rings (SSSR count). The van der Waals surface area contributed by atoms with Crippen molar-refractivity contribution in [2.75, 3.05) is 7.05 Å². The molecule has 0 saturated heterocycles. The summed E-state index contributed by atoms with van der Waals surface area (Å²) >= 11 is 0. The molecular weight excluding hydrogens is 483 g/mol. The van der Waals surface area contributed by atoms with Crippen LogP contribution in [0.15, 0.2) is 127 Å². The first kappa shape index (κ1) is 24.8. The maximum atomic E-state index is 7.07. The van der Waals surface area contributed by atoms with Crippen LogP contribution in [0, 0.1) is 0 Å². The van der Waals surface area contributed by atoms with E-state index in [0.717, 1.165) is 5.75 Å². The number of nitrogens with zero attached hydrogens (tertiary/aromatic N) is 2. The molecule has 0 N–H and O–H groups in total. The fourth-order valence-electron chi connectivity index (χ4n) is 5.54. The summed E-state index contributed by atoms with van der Waals surface area (Å²) in [5.74, 6) is 0.979. The highest BCUT2D eigenvalue weighted by Crippen LogP contribution is 2.63. The smallest absolute Gasteiger partial charge is 0.249 e. The summed E-state index contributed by atoms with van der Waals surface area (Å²) in [6, 6.07) is 45.9. The average molecular weight is 517 g/mol. The van der Waals surface area contributed by atoms with Crippen LogP contribution in [0.25, 0.3) is 10.8 Å². The second-order valence-electron chi connectivity index (χ2n) is 9.98. The van der Waals surface area contributed by atoms with Gasteiger partial charge in [0.2, 0.25) is 8.45 Å². The van der Waals surface area contributed by atoms with Crippen LogP contribution in [0.3, 0.4) is 0 Å². The highest BCUT2D eigenvalue weighted by Gasteiger charge is 2.44. The lowest BCUT2D eigenvalue weighted by molar-refractivity contribution is 0.234. The summed E-state index contributed by atoms with van der Waals surface area (Å²) in [5, 5.41) is 2.48. The first-order valence-corrected chi connectivity index (χ1v) is 14.5. The zero-order chi connectivity index (χ0) is 26.1. The van der Waals surface area contributed by atoms with Crippen LogP contribution < -0.4 is 4.52 Å². The second-order valence-corrected chi connectivity index (χ2v) is 11.8. The maximum absolute atomic E-state index is 7.07. The van der Waals surface area contributed by atoms with Crippen molar-refractivity contribution >= 4 is 19.2 Å². The van der Waals surface area contributed by atoms with Crippen molar-refractivity contribution in [3.8, 4) is 5.75 Å². The minimum Gasteiger partial charge on any atom is -0.444 e. The molecule has 190 valence electrons. The van der Waals surface area contributed by atoms with Gasteiger partial charge in [-0.05, 0) is 54.4 Å². The number of rotatable bonds is 6. The second kappa shape index (κ2) is 10.7. The Bertz CT molecular complexity index is 1510. The van der Waals surface area contributed by atoms with Gasteiger partial charge in [0, 0.05) is 17.6 Å². The van der Waals surface area contributed by atoms with Crippen LogP contribution in [-0.4, -0.2) is 16.4 Å². The molecule has 0 bridgehead atoms. The van der Waals surface area contributed by atoms with E-state index in [0.29, 0.717) is 0 Å². The Morgan fingerprint density at radius 1 is 0.684 bits per heavy atom. The van der Waals surface area contributed by atoms with E-state index in [1.807, 2.05) is 0 Å². The minimum atomic E-state index is -1.16. The molecule has 1 unspecified atom stereocenters. The monoisotopic (exact) mass is 516 g/mol. The summed E-state index contributed by atoms with van der Waals surface area (Å²) < 4.78 is 12.1. The molecule has 4 heteroatoms. The highest BCUT2D eigenvalue weighted by molar-refractivity contribution is 7.47. The number of fused-ring (bicyclic) bond motifs is 3. The van der Waals surface area contributed by atoms with Gasteiger partial charge in [-0.2, -0.15) is 0 Å². The Morgan fingerprint density at radius 3 is 1.95 bits per heavy atom. The van der Waals surface area contributed by atoms with Gasteiger partial charge in [-0.1, -0.05) is 121 Å².